The summed E-state index contributed by atoms with van der Waals surface area (Å²) in [4.78, 5) is 13.7. The van der Waals surface area contributed by atoms with Gasteiger partial charge < -0.3 is 14.7 Å². The van der Waals surface area contributed by atoms with Crippen LogP contribution < -0.4 is 4.90 Å². The lowest BCUT2D eigenvalue weighted by atomic mass is 9.90. The molecule has 0 aliphatic rings. The molecule has 0 aromatic heterocycles. The number of benzene rings is 2. The Hall–Kier alpha value is -2.49. The highest BCUT2D eigenvalue weighted by Gasteiger charge is 2.20. The van der Waals surface area contributed by atoms with E-state index in [-0.39, 0.29) is 17.2 Å². The maximum Gasteiger partial charge on any atom is 0.341 e. The van der Waals surface area contributed by atoms with Crippen molar-refractivity contribution in [3.05, 3.63) is 59.2 Å². The molecule has 116 valence electrons. The SMILES string of the molecule is COC(=O)c1cc(N(C)C)c(C(C)c2ccccc2)cc1O. The maximum absolute atomic E-state index is 11.8. The van der Waals surface area contributed by atoms with Crippen molar-refractivity contribution in [2.75, 3.05) is 26.1 Å². The third kappa shape index (κ3) is 3.06. The van der Waals surface area contributed by atoms with Crippen molar-refractivity contribution in [3.8, 4) is 5.75 Å². The number of esters is 1. The fraction of sp³-hybridized carbons (Fsp3) is 0.278. The Morgan fingerprint density at radius 3 is 2.36 bits per heavy atom. The highest BCUT2D eigenvalue weighted by molar-refractivity contribution is 5.94. The van der Waals surface area contributed by atoms with Crippen molar-refractivity contribution in [2.45, 2.75) is 12.8 Å². The largest absolute Gasteiger partial charge is 0.507 e. The smallest absolute Gasteiger partial charge is 0.341 e. The monoisotopic (exact) mass is 299 g/mol. The Labute approximate surface area is 131 Å². The summed E-state index contributed by atoms with van der Waals surface area (Å²) in [7, 11) is 5.13. The topological polar surface area (TPSA) is 49.8 Å². The first-order valence-electron chi connectivity index (χ1n) is 7.13. The molecule has 0 saturated carbocycles. The Bertz CT molecular complexity index is 666. The van der Waals surface area contributed by atoms with Gasteiger partial charge in [-0.3, -0.25) is 0 Å². The number of anilines is 1. The molecule has 22 heavy (non-hydrogen) atoms. The van der Waals surface area contributed by atoms with E-state index < -0.39 is 5.97 Å². The van der Waals surface area contributed by atoms with Gasteiger partial charge in [0.05, 0.1) is 7.11 Å². The molecule has 1 N–H and O–H groups in total. The molecule has 4 nitrogen and oxygen atoms in total. The summed E-state index contributed by atoms with van der Waals surface area (Å²) in [5.41, 5.74) is 3.17. The van der Waals surface area contributed by atoms with E-state index in [9.17, 15) is 9.90 Å². The average Bonchev–Trinajstić information content (AvgIpc) is 2.53. The van der Waals surface area contributed by atoms with E-state index in [0.29, 0.717) is 0 Å². The standard InChI is InChI=1S/C18H21NO3/c1-12(13-8-6-5-7-9-13)14-11-17(20)15(18(21)22-4)10-16(14)19(2)3/h5-12,20H,1-4H3. The number of carbonyl (C=O) groups is 1. The van der Waals surface area contributed by atoms with Crippen LogP contribution in [-0.4, -0.2) is 32.3 Å². The Morgan fingerprint density at radius 2 is 1.82 bits per heavy atom. The average molecular weight is 299 g/mol. The molecule has 0 amide bonds. The molecule has 0 aliphatic carbocycles. The number of carbonyl (C=O) groups excluding carboxylic acids is 1. The fourth-order valence-electron chi connectivity index (χ4n) is 2.52. The van der Waals surface area contributed by atoms with E-state index in [1.807, 2.05) is 37.2 Å². The number of rotatable bonds is 4. The molecule has 2 aromatic carbocycles. The molecular formula is C18H21NO3. The van der Waals surface area contributed by atoms with Crippen molar-refractivity contribution >= 4 is 11.7 Å². The Morgan fingerprint density at radius 1 is 1.18 bits per heavy atom. The number of hydrogen-bond acceptors (Lipinski definition) is 4. The first-order chi connectivity index (χ1) is 10.5. The van der Waals surface area contributed by atoms with Crippen LogP contribution in [0.4, 0.5) is 5.69 Å². The van der Waals surface area contributed by atoms with Crippen LogP contribution >= 0.6 is 0 Å². The van der Waals surface area contributed by atoms with Crippen molar-refractivity contribution in [1.82, 2.24) is 0 Å². The van der Waals surface area contributed by atoms with E-state index >= 15 is 0 Å². The summed E-state index contributed by atoms with van der Waals surface area (Å²) < 4.78 is 4.72. The van der Waals surface area contributed by atoms with Crippen molar-refractivity contribution in [2.24, 2.45) is 0 Å². The van der Waals surface area contributed by atoms with Crippen LogP contribution in [0.1, 0.15) is 34.3 Å². The van der Waals surface area contributed by atoms with E-state index in [1.54, 1.807) is 12.1 Å². The molecule has 0 spiro atoms. The second-order valence-corrected chi connectivity index (χ2v) is 5.45. The van der Waals surface area contributed by atoms with Gasteiger partial charge in [-0.05, 0) is 23.3 Å². The number of methoxy groups -OCH3 is 1. The zero-order valence-corrected chi connectivity index (χ0v) is 13.3. The van der Waals surface area contributed by atoms with Crippen LogP contribution in [0, 0.1) is 0 Å². The summed E-state index contributed by atoms with van der Waals surface area (Å²) in [5.74, 6) is -0.508. The zero-order chi connectivity index (χ0) is 16.3. The van der Waals surface area contributed by atoms with Gasteiger partial charge in [0.2, 0.25) is 0 Å². The minimum atomic E-state index is -0.542. The fourth-order valence-corrected chi connectivity index (χ4v) is 2.52. The minimum absolute atomic E-state index is 0.0600. The van der Waals surface area contributed by atoms with Crippen LogP contribution in [0.2, 0.25) is 0 Å². The van der Waals surface area contributed by atoms with Gasteiger partial charge in [0, 0.05) is 25.7 Å². The third-order valence-corrected chi connectivity index (χ3v) is 3.80. The van der Waals surface area contributed by atoms with Crippen molar-refractivity contribution in [3.63, 3.8) is 0 Å². The van der Waals surface area contributed by atoms with Crippen molar-refractivity contribution < 1.29 is 14.6 Å². The highest BCUT2D eigenvalue weighted by Crippen LogP contribution is 2.36. The van der Waals surface area contributed by atoms with Crippen LogP contribution in [-0.2, 0) is 4.74 Å². The zero-order valence-electron chi connectivity index (χ0n) is 13.3. The lowest BCUT2D eigenvalue weighted by Crippen LogP contribution is -2.15. The number of aromatic hydroxyl groups is 1. The Kier molecular flexibility index (Phi) is 4.71. The highest BCUT2D eigenvalue weighted by atomic mass is 16.5. The van der Waals surface area contributed by atoms with Crippen molar-refractivity contribution in [1.29, 1.82) is 0 Å². The lowest BCUT2D eigenvalue weighted by molar-refractivity contribution is 0.0597. The molecule has 0 heterocycles. The quantitative estimate of drug-likeness (QED) is 0.879. The first kappa shape index (κ1) is 15.9. The lowest BCUT2D eigenvalue weighted by Gasteiger charge is -2.23. The molecular weight excluding hydrogens is 278 g/mol. The summed E-state index contributed by atoms with van der Waals surface area (Å²) >= 11 is 0. The predicted octanol–water partition coefficient (Wildman–Crippen LogP) is 3.40. The molecule has 2 rings (SSSR count). The summed E-state index contributed by atoms with van der Waals surface area (Å²) in [6.07, 6.45) is 0. The van der Waals surface area contributed by atoms with Gasteiger partial charge in [0.25, 0.3) is 0 Å². The number of nitrogens with zero attached hydrogens (tertiary/aromatic N) is 1. The van der Waals surface area contributed by atoms with E-state index in [4.69, 9.17) is 4.74 Å². The molecule has 0 fully saturated rings. The maximum atomic E-state index is 11.8. The molecule has 0 bridgehead atoms. The summed E-state index contributed by atoms with van der Waals surface area (Å²) in [5, 5.41) is 10.2. The molecule has 1 atom stereocenters. The van der Waals surface area contributed by atoms with E-state index in [1.165, 1.54) is 7.11 Å². The number of phenolic OH excluding ortho intramolecular Hbond substituents is 1. The van der Waals surface area contributed by atoms with Gasteiger partial charge in [0.15, 0.2) is 0 Å². The van der Waals surface area contributed by atoms with Gasteiger partial charge in [-0.1, -0.05) is 37.3 Å². The molecule has 0 aliphatic heterocycles. The molecule has 2 aromatic rings. The molecule has 4 heteroatoms. The predicted molar refractivity (Wildman–Crippen MR) is 87.7 cm³/mol. The number of hydrogen-bond donors (Lipinski definition) is 1. The van der Waals surface area contributed by atoms with E-state index in [2.05, 4.69) is 19.1 Å². The second-order valence-electron chi connectivity index (χ2n) is 5.45. The molecule has 0 saturated heterocycles. The van der Waals surface area contributed by atoms with Crippen LogP contribution in [0.3, 0.4) is 0 Å². The minimum Gasteiger partial charge on any atom is -0.507 e. The van der Waals surface area contributed by atoms with Gasteiger partial charge >= 0.3 is 5.97 Å². The van der Waals surface area contributed by atoms with Gasteiger partial charge in [-0.2, -0.15) is 0 Å². The van der Waals surface area contributed by atoms with Crippen LogP contribution in [0.15, 0.2) is 42.5 Å². The van der Waals surface area contributed by atoms with Crippen LogP contribution in [0.25, 0.3) is 0 Å². The molecule has 1 unspecified atom stereocenters. The van der Waals surface area contributed by atoms with Gasteiger partial charge in [0.1, 0.15) is 11.3 Å². The first-order valence-corrected chi connectivity index (χ1v) is 7.13. The normalized spacial score (nSPS) is 11.8. The molecule has 0 radical (unpaired) electrons. The second kappa shape index (κ2) is 6.52. The van der Waals surface area contributed by atoms with E-state index in [0.717, 1.165) is 16.8 Å². The van der Waals surface area contributed by atoms with Gasteiger partial charge in [-0.25, -0.2) is 4.79 Å². The third-order valence-electron chi connectivity index (χ3n) is 3.80. The number of ether oxygens (including phenoxy) is 1. The van der Waals surface area contributed by atoms with Gasteiger partial charge in [-0.15, -0.1) is 0 Å². The summed E-state index contributed by atoms with van der Waals surface area (Å²) in [6, 6.07) is 13.4. The Balaban J connectivity index is 2.56. The summed E-state index contributed by atoms with van der Waals surface area (Å²) in [6.45, 7) is 2.08. The number of phenols is 1. The van der Waals surface area contributed by atoms with Crippen LogP contribution in [0.5, 0.6) is 5.75 Å².